The second-order valence-corrected chi connectivity index (χ2v) is 5.49. The number of halogens is 1. The molecule has 0 aliphatic heterocycles. The summed E-state index contributed by atoms with van der Waals surface area (Å²) in [5.74, 6) is -1.59. The molecule has 5 nitrogen and oxygen atoms in total. The highest BCUT2D eigenvalue weighted by atomic mass is 79.9. The van der Waals surface area contributed by atoms with Crippen molar-refractivity contribution >= 4 is 27.8 Å². The summed E-state index contributed by atoms with van der Waals surface area (Å²) in [5.41, 5.74) is 0.530. The van der Waals surface area contributed by atoms with Gasteiger partial charge in [-0.25, -0.2) is 4.79 Å². The quantitative estimate of drug-likeness (QED) is 0.830. The number of carboxylic acid groups (broad SMARTS) is 1. The Morgan fingerprint density at radius 3 is 2.80 bits per heavy atom. The number of hydrogen-bond acceptors (Lipinski definition) is 3. The third-order valence-corrected chi connectivity index (χ3v) is 3.92. The van der Waals surface area contributed by atoms with Crippen LogP contribution < -0.4 is 5.32 Å². The number of carboxylic acids is 1. The summed E-state index contributed by atoms with van der Waals surface area (Å²) >= 11 is 3.31. The summed E-state index contributed by atoms with van der Waals surface area (Å²) in [6.07, 6.45) is 0.579. The van der Waals surface area contributed by atoms with Crippen LogP contribution in [0.2, 0.25) is 0 Å². The molecule has 0 bridgehead atoms. The predicted molar refractivity (Wildman–Crippen MR) is 76.2 cm³/mol. The lowest BCUT2D eigenvalue weighted by molar-refractivity contribution is -0.142. The molecule has 1 aromatic rings. The van der Waals surface area contributed by atoms with Gasteiger partial charge in [0.25, 0.3) is 0 Å². The van der Waals surface area contributed by atoms with Crippen LogP contribution in [0.3, 0.4) is 0 Å². The van der Waals surface area contributed by atoms with Crippen LogP contribution in [0.25, 0.3) is 0 Å². The number of nitrogens with one attached hydrogen (secondary N) is 1. The van der Waals surface area contributed by atoms with Crippen molar-refractivity contribution in [2.75, 3.05) is 6.61 Å². The Balaban J connectivity index is 2.06. The average molecular weight is 342 g/mol. The summed E-state index contributed by atoms with van der Waals surface area (Å²) in [4.78, 5) is 23.4. The fraction of sp³-hybridized carbons (Fsp3) is 0.429. The molecule has 108 valence electrons. The molecule has 2 rings (SSSR count). The smallest absolute Gasteiger partial charge is 0.330 e. The molecule has 2 N–H and O–H groups in total. The van der Waals surface area contributed by atoms with E-state index in [1.807, 2.05) is 6.92 Å². The van der Waals surface area contributed by atoms with E-state index in [0.29, 0.717) is 23.1 Å². The van der Waals surface area contributed by atoms with Gasteiger partial charge in [0.1, 0.15) is 0 Å². The van der Waals surface area contributed by atoms with Crippen LogP contribution in [0.15, 0.2) is 28.7 Å². The van der Waals surface area contributed by atoms with Crippen molar-refractivity contribution in [3.8, 4) is 0 Å². The van der Waals surface area contributed by atoms with Crippen LogP contribution in [0.4, 0.5) is 0 Å². The van der Waals surface area contributed by atoms with Gasteiger partial charge in [-0.15, -0.1) is 0 Å². The molecular formula is C14H16BrNO4. The number of carbonyl (C=O) groups excluding carboxylic acids is 1. The lowest BCUT2D eigenvalue weighted by Crippen LogP contribution is -2.35. The summed E-state index contributed by atoms with van der Waals surface area (Å²) in [6, 6.07) is 5.90. The van der Waals surface area contributed by atoms with E-state index in [9.17, 15) is 14.7 Å². The molecule has 3 atom stereocenters. The molecule has 1 saturated carbocycles. The SMILES string of the molecule is CCOC1CC1C(=O)NC(C(=O)O)c1ccccc1Br. The summed E-state index contributed by atoms with van der Waals surface area (Å²) in [5, 5.41) is 11.9. The number of carbonyl (C=O) groups is 2. The lowest BCUT2D eigenvalue weighted by atomic mass is 10.1. The largest absolute Gasteiger partial charge is 0.479 e. The first-order valence-electron chi connectivity index (χ1n) is 6.43. The zero-order valence-corrected chi connectivity index (χ0v) is 12.6. The minimum Gasteiger partial charge on any atom is -0.479 e. The van der Waals surface area contributed by atoms with Crippen molar-refractivity contribution < 1.29 is 19.4 Å². The van der Waals surface area contributed by atoms with Crippen molar-refractivity contribution in [1.82, 2.24) is 5.32 Å². The normalized spacial score (nSPS) is 22.1. The molecule has 0 saturated heterocycles. The van der Waals surface area contributed by atoms with E-state index in [1.54, 1.807) is 24.3 Å². The van der Waals surface area contributed by atoms with Gasteiger partial charge in [-0.2, -0.15) is 0 Å². The standard InChI is InChI=1S/C14H16BrNO4/c1-2-20-11-7-9(11)13(17)16-12(14(18)19)8-5-3-4-6-10(8)15/h3-6,9,11-12H,2,7H2,1H3,(H,16,17)(H,18,19). The van der Waals surface area contributed by atoms with Crippen molar-refractivity contribution in [3.63, 3.8) is 0 Å². The molecule has 1 aromatic carbocycles. The van der Waals surface area contributed by atoms with Gasteiger partial charge in [-0.1, -0.05) is 34.1 Å². The molecule has 0 heterocycles. The topological polar surface area (TPSA) is 75.6 Å². The minimum absolute atomic E-state index is 0.0753. The van der Waals surface area contributed by atoms with E-state index in [1.165, 1.54) is 0 Å². The van der Waals surface area contributed by atoms with Gasteiger partial charge in [0.2, 0.25) is 5.91 Å². The van der Waals surface area contributed by atoms with E-state index in [4.69, 9.17) is 4.74 Å². The molecule has 1 aliphatic carbocycles. The van der Waals surface area contributed by atoms with Gasteiger partial charge in [-0.3, -0.25) is 4.79 Å². The molecule has 6 heteroatoms. The first kappa shape index (κ1) is 15.0. The highest BCUT2D eigenvalue weighted by molar-refractivity contribution is 9.10. The maximum Gasteiger partial charge on any atom is 0.330 e. The van der Waals surface area contributed by atoms with Crippen molar-refractivity contribution in [1.29, 1.82) is 0 Å². The van der Waals surface area contributed by atoms with Gasteiger partial charge in [0, 0.05) is 11.1 Å². The Labute approximate surface area is 125 Å². The molecule has 1 amide bonds. The van der Waals surface area contributed by atoms with Gasteiger partial charge in [0.15, 0.2) is 6.04 Å². The monoisotopic (exact) mass is 341 g/mol. The second-order valence-electron chi connectivity index (χ2n) is 4.64. The highest BCUT2D eigenvalue weighted by Crippen LogP contribution is 2.34. The van der Waals surface area contributed by atoms with Crippen LogP contribution in [0.5, 0.6) is 0 Å². The lowest BCUT2D eigenvalue weighted by Gasteiger charge is -2.16. The number of rotatable bonds is 6. The van der Waals surface area contributed by atoms with E-state index in [0.717, 1.165) is 0 Å². The van der Waals surface area contributed by atoms with E-state index in [2.05, 4.69) is 21.2 Å². The van der Waals surface area contributed by atoms with Crippen LogP contribution >= 0.6 is 15.9 Å². The van der Waals surface area contributed by atoms with Crippen molar-refractivity contribution in [2.24, 2.45) is 5.92 Å². The zero-order valence-electron chi connectivity index (χ0n) is 11.0. The van der Waals surface area contributed by atoms with E-state index < -0.39 is 12.0 Å². The molecule has 0 spiro atoms. The molecule has 20 heavy (non-hydrogen) atoms. The summed E-state index contributed by atoms with van der Waals surface area (Å²) in [7, 11) is 0. The van der Waals surface area contributed by atoms with Gasteiger partial charge in [0.05, 0.1) is 12.0 Å². The number of amides is 1. The van der Waals surface area contributed by atoms with Gasteiger partial charge < -0.3 is 15.2 Å². The van der Waals surface area contributed by atoms with Crippen molar-refractivity contribution in [2.45, 2.75) is 25.5 Å². The number of ether oxygens (including phenoxy) is 1. The Morgan fingerprint density at radius 2 is 2.20 bits per heavy atom. The Bertz CT molecular complexity index is 520. The Hall–Kier alpha value is -1.40. The summed E-state index contributed by atoms with van der Waals surface area (Å²) in [6.45, 7) is 2.43. The summed E-state index contributed by atoms with van der Waals surface area (Å²) < 4.78 is 6.00. The van der Waals surface area contributed by atoms with Gasteiger partial charge >= 0.3 is 5.97 Å². The average Bonchev–Trinajstić information content (AvgIpc) is 3.16. The third kappa shape index (κ3) is 3.37. The van der Waals surface area contributed by atoms with E-state index in [-0.39, 0.29) is 17.9 Å². The fourth-order valence-electron chi connectivity index (χ4n) is 2.08. The number of hydrogen-bond donors (Lipinski definition) is 2. The number of benzene rings is 1. The van der Waals surface area contributed by atoms with Crippen LogP contribution in [0, 0.1) is 5.92 Å². The van der Waals surface area contributed by atoms with Gasteiger partial charge in [-0.05, 0) is 25.0 Å². The van der Waals surface area contributed by atoms with E-state index >= 15 is 0 Å². The molecule has 1 fully saturated rings. The van der Waals surface area contributed by atoms with Crippen LogP contribution in [-0.4, -0.2) is 29.7 Å². The Kier molecular flexibility index (Phi) is 4.77. The second kappa shape index (κ2) is 6.37. The minimum atomic E-state index is -1.08. The zero-order chi connectivity index (χ0) is 14.7. The van der Waals surface area contributed by atoms with Crippen LogP contribution in [-0.2, 0) is 14.3 Å². The first-order chi connectivity index (χ1) is 9.54. The Morgan fingerprint density at radius 1 is 1.50 bits per heavy atom. The molecule has 0 aromatic heterocycles. The predicted octanol–water partition coefficient (Wildman–Crippen LogP) is 2.12. The molecule has 1 aliphatic rings. The fourth-order valence-corrected chi connectivity index (χ4v) is 2.59. The first-order valence-corrected chi connectivity index (χ1v) is 7.23. The number of aliphatic carboxylic acids is 1. The molecular weight excluding hydrogens is 326 g/mol. The molecule has 3 unspecified atom stereocenters. The third-order valence-electron chi connectivity index (χ3n) is 3.20. The molecule has 0 radical (unpaired) electrons. The highest BCUT2D eigenvalue weighted by Gasteiger charge is 2.45. The maximum atomic E-state index is 12.0. The van der Waals surface area contributed by atoms with Crippen molar-refractivity contribution in [3.05, 3.63) is 34.3 Å². The maximum absolute atomic E-state index is 12.0. The van der Waals surface area contributed by atoms with Crippen LogP contribution in [0.1, 0.15) is 24.9 Å².